The van der Waals surface area contributed by atoms with Gasteiger partial charge in [0.2, 0.25) is 0 Å². The van der Waals surface area contributed by atoms with Crippen LogP contribution in [0.25, 0.3) is 0 Å². The molecule has 0 aliphatic heterocycles. The van der Waals surface area contributed by atoms with E-state index in [9.17, 15) is 4.79 Å². The van der Waals surface area contributed by atoms with Gasteiger partial charge in [0.25, 0.3) is 0 Å². The second-order valence-corrected chi connectivity index (χ2v) is 2.87. The normalized spacial score (nSPS) is 19.7. The summed E-state index contributed by atoms with van der Waals surface area (Å²) >= 11 is 0. The Morgan fingerprint density at radius 2 is 2.36 bits per heavy atom. The van der Waals surface area contributed by atoms with E-state index < -0.39 is 0 Å². The van der Waals surface area contributed by atoms with Crippen molar-refractivity contribution >= 4 is 5.78 Å². The summed E-state index contributed by atoms with van der Waals surface area (Å²) in [5.41, 5.74) is -0.382. The topological polar surface area (TPSA) is 71.5 Å². The third kappa shape index (κ3) is 0.768. The van der Waals surface area contributed by atoms with Crippen molar-refractivity contribution in [3.63, 3.8) is 0 Å². The van der Waals surface area contributed by atoms with E-state index in [1.54, 1.807) is 6.92 Å². The second-order valence-electron chi connectivity index (χ2n) is 2.87. The van der Waals surface area contributed by atoms with Crippen molar-refractivity contribution in [2.45, 2.75) is 25.2 Å². The van der Waals surface area contributed by atoms with Gasteiger partial charge in [-0.3, -0.25) is 4.79 Å². The van der Waals surface area contributed by atoms with Crippen LogP contribution < -0.4 is 0 Å². The highest BCUT2D eigenvalue weighted by atomic mass is 16.1. The molecule has 0 amide bonds. The summed E-state index contributed by atoms with van der Waals surface area (Å²) in [7, 11) is 0. The van der Waals surface area contributed by atoms with Crippen LogP contribution in [-0.4, -0.2) is 26.4 Å². The first-order chi connectivity index (χ1) is 5.26. The van der Waals surface area contributed by atoms with E-state index in [2.05, 4.69) is 20.6 Å². The van der Waals surface area contributed by atoms with Crippen LogP contribution in [0.5, 0.6) is 0 Å². The zero-order chi connectivity index (χ0) is 7.90. The fourth-order valence-electron chi connectivity index (χ4n) is 1.22. The molecule has 1 saturated carbocycles. The van der Waals surface area contributed by atoms with Gasteiger partial charge in [0.15, 0.2) is 5.82 Å². The lowest BCUT2D eigenvalue weighted by Crippen LogP contribution is -2.18. The Morgan fingerprint density at radius 1 is 1.64 bits per heavy atom. The summed E-state index contributed by atoms with van der Waals surface area (Å²) in [4.78, 5) is 11.1. The smallest absolute Gasteiger partial charge is 0.188 e. The second kappa shape index (κ2) is 1.87. The molecule has 2 rings (SSSR count). The Hall–Kier alpha value is -1.26. The molecule has 5 heteroatoms. The number of hydrogen-bond acceptors (Lipinski definition) is 4. The summed E-state index contributed by atoms with van der Waals surface area (Å²) in [6.45, 7) is 1.57. The zero-order valence-electron chi connectivity index (χ0n) is 6.16. The lowest BCUT2D eigenvalue weighted by atomic mass is 10.0. The molecule has 1 aromatic heterocycles. The Bertz CT molecular complexity index is 275. The highest BCUT2D eigenvalue weighted by molar-refractivity contribution is 5.89. The van der Waals surface area contributed by atoms with E-state index in [-0.39, 0.29) is 11.2 Å². The first-order valence-electron chi connectivity index (χ1n) is 3.51. The fraction of sp³-hybridized carbons (Fsp3) is 0.667. The number of H-pyrrole nitrogens is 1. The van der Waals surface area contributed by atoms with Gasteiger partial charge in [-0.05, 0) is 19.8 Å². The number of Topliss-reactive ketones (excluding diaryl/α,β-unsaturated/α-hetero) is 1. The van der Waals surface area contributed by atoms with Crippen LogP contribution in [-0.2, 0) is 10.2 Å². The number of ketones is 1. The SMILES string of the molecule is CC(=O)C1(c2nn[nH]n2)CC1. The molecule has 1 aliphatic carbocycles. The van der Waals surface area contributed by atoms with Crippen molar-refractivity contribution in [2.24, 2.45) is 0 Å². The predicted molar refractivity (Wildman–Crippen MR) is 35.8 cm³/mol. The zero-order valence-corrected chi connectivity index (χ0v) is 6.16. The monoisotopic (exact) mass is 152 g/mol. The third-order valence-corrected chi connectivity index (χ3v) is 2.20. The van der Waals surface area contributed by atoms with Gasteiger partial charge in [0.05, 0.1) is 5.41 Å². The van der Waals surface area contributed by atoms with Crippen molar-refractivity contribution in [3.8, 4) is 0 Å². The van der Waals surface area contributed by atoms with E-state index in [0.29, 0.717) is 5.82 Å². The van der Waals surface area contributed by atoms with E-state index >= 15 is 0 Å². The van der Waals surface area contributed by atoms with Gasteiger partial charge in [0, 0.05) is 0 Å². The molecule has 1 N–H and O–H groups in total. The van der Waals surface area contributed by atoms with Gasteiger partial charge in [-0.2, -0.15) is 5.21 Å². The average molecular weight is 152 g/mol. The van der Waals surface area contributed by atoms with E-state index in [0.717, 1.165) is 12.8 Å². The van der Waals surface area contributed by atoms with Gasteiger partial charge in [-0.25, -0.2) is 0 Å². The summed E-state index contributed by atoms with van der Waals surface area (Å²) in [5.74, 6) is 0.684. The summed E-state index contributed by atoms with van der Waals surface area (Å²) in [6, 6.07) is 0. The van der Waals surface area contributed by atoms with Crippen molar-refractivity contribution in [2.75, 3.05) is 0 Å². The fourth-order valence-corrected chi connectivity index (χ4v) is 1.22. The minimum Gasteiger partial charge on any atom is -0.299 e. The molecule has 0 aromatic carbocycles. The number of aromatic amines is 1. The number of nitrogens with zero attached hydrogens (tertiary/aromatic N) is 3. The van der Waals surface area contributed by atoms with Gasteiger partial charge in [0.1, 0.15) is 5.78 Å². The van der Waals surface area contributed by atoms with Crippen LogP contribution >= 0.6 is 0 Å². The van der Waals surface area contributed by atoms with Crippen LogP contribution in [0.15, 0.2) is 0 Å². The average Bonchev–Trinajstić information content (AvgIpc) is 2.61. The first-order valence-corrected chi connectivity index (χ1v) is 3.51. The van der Waals surface area contributed by atoms with Gasteiger partial charge < -0.3 is 0 Å². The molecule has 1 fully saturated rings. The van der Waals surface area contributed by atoms with Gasteiger partial charge in [-0.1, -0.05) is 5.21 Å². The number of nitrogens with one attached hydrogen (secondary N) is 1. The number of tetrazole rings is 1. The van der Waals surface area contributed by atoms with Crippen molar-refractivity contribution < 1.29 is 4.79 Å². The summed E-state index contributed by atoms with van der Waals surface area (Å²) in [5, 5.41) is 13.4. The molecule has 1 heterocycles. The van der Waals surface area contributed by atoms with Crippen LogP contribution in [0.3, 0.4) is 0 Å². The molecular formula is C6H8N4O. The molecule has 0 atom stereocenters. The van der Waals surface area contributed by atoms with Crippen LogP contribution in [0.1, 0.15) is 25.6 Å². The van der Waals surface area contributed by atoms with E-state index in [1.807, 2.05) is 0 Å². The molecule has 5 nitrogen and oxygen atoms in total. The Morgan fingerprint density at radius 3 is 2.73 bits per heavy atom. The van der Waals surface area contributed by atoms with Crippen LogP contribution in [0.4, 0.5) is 0 Å². The largest absolute Gasteiger partial charge is 0.299 e. The van der Waals surface area contributed by atoms with Crippen molar-refractivity contribution in [1.29, 1.82) is 0 Å². The minimum absolute atomic E-state index is 0.138. The Balaban J connectivity index is 2.36. The highest BCUT2D eigenvalue weighted by Crippen LogP contribution is 2.46. The molecule has 1 aromatic rings. The maximum atomic E-state index is 11.1. The third-order valence-electron chi connectivity index (χ3n) is 2.20. The molecular weight excluding hydrogens is 144 g/mol. The molecule has 0 spiro atoms. The molecule has 58 valence electrons. The number of rotatable bonds is 2. The Labute approximate surface area is 63.2 Å². The number of aromatic nitrogens is 4. The number of hydrogen-bond donors (Lipinski definition) is 1. The predicted octanol–water partition coefficient (Wildman–Crippen LogP) is -0.180. The summed E-state index contributed by atoms with van der Waals surface area (Å²) < 4.78 is 0. The van der Waals surface area contributed by atoms with Crippen molar-refractivity contribution in [3.05, 3.63) is 5.82 Å². The molecule has 11 heavy (non-hydrogen) atoms. The van der Waals surface area contributed by atoms with Gasteiger partial charge >= 0.3 is 0 Å². The standard InChI is InChI=1S/C6H8N4O/c1-4(11)6(2-3-6)5-7-9-10-8-5/h2-3H2,1H3,(H,7,8,9,10). The molecule has 0 bridgehead atoms. The Kier molecular flexibility index (Phi) is 1.10. The first kappa shape index (κ1) is 6.45. The lowest BCUT2D eigenvalue weighted by molar-refractivity contribution is -0.119. The van der Waals surface area contributed by atoms with Crippen LogP contribution in [0, 0.1) is 0 Å². The maximum Gasteiger partial charge on any atom is 0.188 e. The summed E-state index contributed by atoms with van der Waals surface area (Å²) in [6.07, 6.45) is 1.73. The van der Waals surface area contributed by atoms with Gasteiger partial charge in [-0.15, -0.1) is 10.2 Å². The molecule has 0 unspecified atom stereocenters. The number of carbonyl (C=O) groups is 1. The van der Waals surface area contributed by atoms with E-state index in [4.69, 9.17) is 0 Å². The van der Waals surface area contributed by atoms with Crippen LogP contribution in [0.2, 0.25) is 0 Å². The molecule has 0 radical (unpaired) electrons. The molecule has 0 saturated heterocycles. The molecule has 1 aliphatic rings. The van der Waals surface area contributed by atoms with Crippen molar-refractivity contribution in [1.82, 2.24) is 20.6 Å². The highest BCUT2D eigenvalue weighted by Gasteiger charge is 2.52. The lowest BCUT2D eigenvalue weighted by Gasteiger charge is -2.02. The quantitative estimate of drug-likeness (QED) is 0.638. The minimum atomic E-state index is -0.382. The van der Waals surface area contributed by atoms with E-state index in [1.165, 1.54) is 0 Å². The number of carbonyl (C=O) groups excluding carboxylic acids is 1. The maximum absolute atomic E-state index is 11.1.